The summed E-state index contributed by atoms with van der Waals surface area (Å²) >= 11 is 0. The van der Waals surface area contributed by atoms with E-state index in [1.165, 1.54) is 7.05 Å². The minimum atomic E-state index is -3.26. The molecular weight excluding hydrogens is 228 g/mol. The van der Waals surface area contributed by atoms with E-state index in [1.807, 2.05) is 0 Å². The Morgan fingerprint density at radius 3 is 2.25 bits per heavy atom. The molecule has 88 valence electrons. The molecule has 0 fully saturated rings. The quantitative estimate of drug-likeness (QED) is 0.820. The smallest absolute Gasteiger partial charge is 0.251 e. The first-order valence-electron chi connectivity index (χ1n) is 4.81. The van der Waals surface area contributed by atoms with Gasteiger partial charge >= 0.3 is 0 Å². The molecule has 0 saturated heterocycles. The maximum absolute atomic E-state index is 11.3. The fraction of sp³-hybridized carbons (Fsp3) is 0.300. The van der Waals surface area contributed by atoms with Crippen LogP contribution in [-0.4, -0.2) is 27.1 Å². The van der Waals surface area contributed by atoms with Crippen molar-refractivity contribution in [3.8, 4) is 0 Å². The third kappa shape index (κ3) is 3.23. The molecule has 0 heterocycles. The van der Waals surface area contributed by atoms with Crippen LogP contribution in [0, 0.1) is 0 Å². The predicted octanol–water partition coefficient (Wildman–Crippen LogP) is 0.808. The minimum absolute atomic E-state index is 0.0181. The zero-order valence-corrected chi connectivity index (χ0v) is 9.97. The first-order chi connectivity index (χ1) is 7.48. The van der Waals surface area contributed by atoms with E-state index in [1.54, 1.807) is 31.2 Å². The standard InChI is InChI=1S/C10H14N2O3S/c1-3-16(14,15)12-9-6-4-8(5-7-9)10(13)11-2/h4-7,12H,3H2,1-2H3,(H,11,13). The summed E-state index contributed by atoms with van der Waals surface area (Å²) in [6, 6.07) is 6.23. The van der Waals surface area contributed by atoms with Crippen LogP contribution in [0.1, 0.15) is 17.3 Å². The van der Waals surface area contributed by atoms with E-state index >= 15 is 0 Å². The van der Waals surface area contributed by atoms with E-state index in [0.29, 0.717) is 11.3 Å². The second-order valence-electron chi connectivity index (χ2n) is 3.16. The van der Waals surface area contributed by atoms with Gasteiger partial charge in [0.15, 0.2) is 0 Å². The van der Waals surface area contributed by atoms with Gasteiger partial charge in [-0.2, -0.15) is 0 Å². The van der Waals surface area contributed by atoms with Gasteiger partial charge in [0.25, 0.3) is 5.91 Å². The van der Waals surface area contributed by atoms with Crippen LogP contribution in [-0.2, 0) is 10.0 Å². The molecule has 0 atom stereocenters. The third-order valence-corrected chi connectivity index (χ3v) is 3.33. The Morgan fingerprint density at radius 2 is 1.81 bits per heavy atom. The Hall–Kier alpha value is -1.56. The number of hydrogen-bond acceptors (Lipinski definition) is 3. The molecule has 6 heteroatoms. The molecule has 0 aliphatic carbocycles. The molecule has 0 radical (unpaired) electrons. The van der Waals surface area contributed by atoms with Gasteiger partial charge in [-0.05, 0) is 31.2 Å². The first kappa shape index (κ1) is 12.5. The second-order valence-corrected chi connectivity index (χ2v) is 5.17. The molecule has 1 aromatic rings. The molecule has 16 heavy (non-hydrogen) atoms. The number of sulfonamides is 1. The van der Waals surface area contributed by atoms with Gasteiger partial charge < -0.3 is 5.32 Å². The van der Waals surface area contributed by atoms with E-state index in [2.05, 4.69) is 10.0 Å². The van der Waals surface area contributed by atoms with E-state index < -0.39 is 10.0 Å². The van der Waals surface area contributed by atoms with Gasteiger partial charge in [-0.1, -0.05) is 0 Å². The molecule has 0 aromatic heterocycles. The number of hydrogen-bond donors (Lipinski definition) is 2. The van der Waals surface area contributed by atoms with Crippen molar-refractivity contribution in [2.45, 2.75) is 6.92 Å². The predicted molar refractivity (Wildman–Crippen MR) is 62.9 cm³/mol. The molecule has 5 nitrogen and oxygen atoms in total. The summed E-state index contributed by atoms with van der Waals surface area (Å²) in [5, 5.41) is 2.48. The highest BCUT2D eigenvalue weighted by molar-refractivity contribution is 7.92. The lowest BCUT2D eigenvalue weighted by Gasteiger charge is -2.06. The Balaban J connectivity index is 2.84. The molecule has 0 aliphatic heterocycles. The number of anilines is 1. The average Bonchev–Trinajstić information content (AvgIpc) is 2.28. The normalized spacial score (nSPS) is 10.9. The van der Waals surface area contributed by atoms with Crippen LogP contribution in [0.25, 0.3) is 0 Å². The molecule has 1 amide bonds. The molecule has 0 unspecified atom stereocenters. The highest BCUT2D eigenvalue weighted by Gasteiger charge is 2.07. The van der Waals surface area contributed by atoms with E-state index in [4.69, 9.17) is 0 Å². The minimum Gasteiger partial charge on any atom is -0.355 e. The Labute approximate surface area is 94.9 Å². The summed E-state index contributed by atoms with van der Waals surface area (Å²) in [7, 11) is -1.72. The number of amides is 1. The molecular formula is C10H14N2O3S. The zero-order chi connectivity index (χ0) is 12.2. The van der Waals surface area contributed by atoms with E-state index in [-0.39, 0.29) is 11.7 Å². The van der Waals surface area contributed by atoms with Crippen LogP contribution in [0.3, 0.4) is 0 Å². The number of nitrogens with one attached hydrogen (secondary N) is 2. The Bertz CT molecular complexity index is 465. The number of carbonyl (C=O) groups is 1. The van der Waals surface area contributed by atoms with Crippen molar-refractivity contribution in [3.63, 3.8) is 0 Å². The Morgan fingerprint density at radius 1 is 1.25 bits per heavy atom. The first-order valence-corrected chi connectivity index (χ1v) is 6.46. The SMILES string of the molecule is CCS(=O)(=O)Nc1ccc(C(=O)NC)cc1. The van der Waals surface area contributed by atoms with Gasteiger partial charge in [0.2, 0.25) is 10.0 Å². The number of benzene rings is 1. The largest absolute Gasteiger partial charge is 0.355 e. The van der Waals surface area contributed by atoms with Crippen molar-refractivity contribution in [2.75, 3.05) is 17.5 Å². The van der Waals surface area contributed by atoms with Crippen molar-refractivity contribution in [1.29, 1.82) is 0 Å². The van der Waals surface area contributed by atoms with E-state index in [0.717, 1.165) is 0 Å². The molecule has 0 saturated carbocycles. The third-order valence-electron chi connectivity index (χ3n) is 2.03. The summed E-state index contributed by atoms with van der Waals surface area (Å²) in [5.74, 6) is -0.186. The molecule has 1 rings (SSSR count). The van der Waals surface area contributed by atoms with Crippen molar-refractivity contribution >= 4 is 21.6 Å². The highest BCUT2D eigenvalue weighted by Crippen LogP contribution is 2.11. The van der Waals surface area contributed by atoms with Crippen molar-refractivity contribution in [1.82, 2.24) is 5.32 Å². The number of rotatable bonds is 4. The summed E-state index contributed by atoms with van der Waals surface area (Å²) in [4.78, 5) is 11.2. The fourth-order valence-electron chi connectivity index (χ4n) is 1.09. The van der Waals surface area contributed by atoms with Crippen LogP contribution in [0.4, 0.5) is 5.69 Å². The maximum Gasteiger partial charge on any atom is 0.251 e. The van der Waals surface area contributed by atoms with Crippen molar-refractivity contribution in [2.24, 2.45) is 0 Å². The highest BCUT2D eigenvalue weighted by atomic mass is 32.2. The van der Waals surface area contributed by atoms with Gasteiger partial charge in [-0.15, -0.1) is 0 Å². The van der Waals surface area contributed by atoms with Crippen molar-refractivity contribution < 1.29 is 13.2 Å². The van der Waals surface area contributed by atoms with Gasteiger partial charge in [0.1, 0.15) is 0 Å². The lowest BCUT2D eigenvalue weighted by molar-refractivity contribution is 0.0963. The van der Waals surface area contributed by atoms with Crippen LogP contribution < -0.4 is 10.0 Å². The summed E-state index contributed by atoms with van der Waals surface area (Å²) in [6.45, 7) is 1.56. The second kappa shape index (κ2) is 4.98. The molecule has 0 spiro atoms. The summed E-state index contributed by atoms with van der Waals surface area (Å²) in [6.07, 6.45) is 0. The monoisotopic (exact) mass is 242 g/mol. The zero-order valence-electron chi connectivity index (χ0n) is 9.15. The topological polar surface area (TPSA) is 75.3 Å². The lowest BCUT2D eigenvalue weighted by atomic mass is 10.2. The van der Waals surface area contributed by atoms with Gasteiger partial charge in [-0.25, -0.2) is 8.42 Å². The average molecular weight is 242 g/mol. The van der Waals surface area contributed by atoms with Crippen LogP contribution in [0.2, 0.25) is 0 Å². The lowest BCUT2D eigenvalue weighted by Crippen LogP contribution is -2.18. The summed E-state index contributed by atoms with van der Waals surface area (Å²) < 4.78 is 24.9. The van der Waals surface area contributed by atoms with Crippen LogP contribution in [0.15, 0.2) is 24.3 Å². The number of carbonyl (C=O) groups excluding carboxylic acids is 1. The fourth-order valence-corrected chi connectivity index (χ4v) is 1.73. The maximum atomic E-state index is 11.3. The van der Waals surface area contributed by atoms with Crippen LogP contribution >= 0.6 is 0 Å². The van der Waals surface area contributed by atoms with Crippen molar-refractivity contribution in [3.05, 3.63) is 29.8 Å². The molecule has 0 bridgehead atoms. The molecule has 2 N–H and O–H groups in total. The Kier molecular flexibility index (Phi) is 3.89. The van der Waals surface area contributed by atoms with Gasteiger partial charge in [0.05, 0.1) is 5.75 Å². The van der Waals surface area contributed by atoms with E-state index in [9.17, 15) is 13.2 Å². The van der Waals surface area contributed by atoms with Crippen LogP contribution in [0.5, 0.6) is 0 Å². The molecule has 1 aromatic carbocycles. The summed E-state index contributed by atoms with van der Waals surface area (Å²) in [5.41, 5.74) is 0.941. The molecule has 0 aliphatic rings. The van der Waals surface area contributed by atoms with Gasteiger partial charge in [0, 0.05) is 18.3 Å². The van der Waals surface area contributed by atoms with Gasteiger partial charge in [-0.3, -0.25) is 9.52 Å².